The number of halogens is 2. The number of thiazole rings is 1. The van der Waals surface area contributed by atoms with Crippen LogP contribution in [0.2, 0.25) is 5.02 Å². The Bertz CT molecular complexity index is 868. The van der Waals surface area contributed by atoms with Crippen molar-refractivity contribution in [2.45, 2.75) is 0 Å². The molecule has 122 valence electrons. The van der Waals surface area contributed by atoms with Crippen LogP contribution in [0.15, 0.2) is 52.9 Å². The van der Waals surface area contributed by atoms with Crippen molar-refractivity contribution < 1.29 is 9.13 Å². The highest BCUT2D eigenvalue weighted by atomic mass is 35.5. The molecule has 0 radical (unpaired) electrons. The molecule has 0 unspecified atom stereocenters. The molecule has 0 spiro atoms. The van der Waals surface area contributed by atoms with E-state index in [1.165, 1.54) is 36.8 Å². The zero-order valence-electron chi connectivity index (χ0n) is 12.7. The number of anilines is 1. The molecular weight excluding hydrogens is 349 g/mol. The molecule has 7 heteroatoms. The van der Waals surface area contributed by atoms with E-state index in [4.69, 9.17) is 16.3 Å². The fourth-order valence-corrected chi connectivity index (χ4v) is 2.99. The third-order valence-electron chi connectivity index (χ3n) is 3.24. The quantitative estimate of drug-likeness (QED) is 0.510. The van der Waals surface area contributed by atoms with Crippen LogP contribution in [0.5, 0.6) is 5.75 Å². The molecule has 0 bridgehead atoms. The van der Waals surface area contributed by atoms with Crippen LogP contribution in [-0.4, -0.2) is 18.3 Å². The third kappa shape index (κ3) is 3.55. The molecule has 4 nitrogen and oxygen atoms in total. The maximum absolute atomic E-state index is 13.8. The minimum Gasteiger partial charge on any atom is -0.495 e. The van der Waals surface area contributed by atoms with Gasteiger partial charge in [0, 0.05) is 10.9 Å². The van der Waals surface area contributed by atoms with Crippen LogP contribution in [0, 0.1) is 5.82 Å². The van der Waals surface area contributed by atoms with Crippen molar-refractivity contribution in [2.75, 3.05) is 12.5 Å². The molecular formula is C17H13ClFN3OS. The van der Waals surface area contributed by atoms with E-state index in [2.05, 4.69) is 15.5 Å². The van der Waals surface area contributed by atoms with Crippen molar-refractivity contribution in [3.8, 4) is 17.0 Å². The fraction of sp³-hybridized carbons (Fsp3) is 0.0588. The molecule has 2 aromatic carbocycles. The molecule has 0 aliphatic carbocycles. The van der Waals surface area contributed by atoms with Crippen LogP contribution in [0.4, 0.5) is 9.52 Å². The lowest BCUT2D eigenvalue weighted by atomic mass is 10.2. The molecule has 0 amide bonds. The molecule has 0 aliphatic heterocycles. The summed E-state index contributed by atoms with van der Waals surface area (Å²) in [5.74, 6) is -0.0874. The van der Waals surface area contributed by atoms with Crippen LogP contribution < -0.4 is 10.2 Å². The monoisotopic (exact) mass is 361 g/mol. The van der Waals surface area contributed by atoms with Gasteiger partial charge in [-0.25, -0.2) is 9.37 Å². The van der Waals surface area contributed by atoms with Gasteiger partial charge in [0.05, 0.1) is 29.6 Å². The minimum atomic E-state index is -0.476. The Morgan fingerprint density at radius 1 is 1.25 bits per heavy atom. The predicted octanol–water partition coefficient (Wildman–Crippen LogP) is 5.06. The average Bonchev–Trinajstić information content (AvgIpc) is 3.08. The van der Waals surface area contributed by atoms with Crippen LogP contribution >= 0.6 is 22.9 Å². The number of rotatable bonds is 5. The molecule has 1 aromatic heterocycles. The van der Waals surface area contributed by atoms with Crippen LogP contribution in [0.1, 0.15) is 5.56 Å². The molecule has 1 heterocycles. The van der Waals surface area contributed by atoms with E-state index < -0.39 is 5.82 Å². The van der Waals surface area contributed by atoms with Crippen molar-refractivity contribution in [2.24, 2.45) is 5.10 Å². The van der Waals surface area contributed by atoms with Crippen LogP contribution in [0.25, 0.3) is 11.3 Å². The topological polar surface area (TPSA) is 46.5 Å². The first-order valence-electron chi connectivity index (χ1n) is 7.01. The zero-order valence-corrected chi connectivity index (χ0v) is 14.2. The van der Waals surface area contributed by atoms with E-state index in [0.717, 1.165) is 11.3 Å². The summed E-state index contributed by atoms with van der Waals surface area (Å²) < 4.78 is 18.9. The van der Waals surface area contributed by atoms with E-state index in [1.807, 2.05) is 35.7 Å². The van der Waals surface area contributed by atoms with E-state index >= 15 is 0 Å². The molecule has 24 heavy (non-hydrogen) atoms. The highest BCUT2D eigenvalue weighted by molar-refractivity contribution is 7.14. The first-order valence-corrected chi connectivity index (χ1v) is 8.27. The van der Waals surface area contributed by atoms with Crippen LogP contribution in [-0.2, 0) is 0 Å². The van der Waals surface area contributed by atoms with E-state index in [9.17, 15) is 4.39 Å². The molecule has 1 N–H and O–H groups in total. The van der Waals surface area contributed by atoms with Crippen molar-refractivity contribution >= 4 is 34.3 Å². The number of nitrogens with zero attached hydrogens (tertiary/aromatic N) is 2. The van der Waals surface area contributed by atoms with Gasteiger partial charge in [-0.05, 0) is 12.1 Å². The standard InChI is InChI=1S/C17H13ClFN3OS/c1-23-15-8-7-13(19)12(16(15)18)9-20-22-17-21-14(10-24-17)11-5-3-2-4-6-11/h2-10H,1H3,(H,21,22). The van der Waals surface area contributed by atoms with Gasteiger partial charge in [-0.2, -0.15) is 5.10 Å². The molecule has 0 atom stereocenters. The summed E-state index contributed by atoms with van der Waals surface area (Å²) in [5.41, 5.74) is 4.81. The second kappa shape index (κ2) is 7.42. The number of ether oxygens (including phenoxy) is 1. The van der Waals surface area contributed by atoms with Crippen molar-refractivity contribution in [3.05, 3.63) is 64.2 Å². The van der Waals surface area contributed by atoms with Gasteiger partial charge in [-0.1, -0.05) is 41.9 Å². The molecule has 0 fully saturated rings. The second-order valence-corrected chi connectivity index (χ2v) is 5.99. The van der Waals surface area contributed by atoms with E-state index in [1.54, 1.807) is 0 Å². The van der Waals surface area contributed by atoms with E-state index in [0.29, 0.717) is 10.9 Å². The second-order valence-electron chi connectivity index (χ2n) is 4.75. The van der Waals surface area contributed by atoms with Crippen molar-refractivity contribution in [1.29, 1.82) is 0 Å². The fourth-order valence-electron chi connectivity index (χ4n) is 2.04. The summed E-state index contributed by atoms with van der Waals surface area (Å²) in [5, 5.41) is 6.71. The molecule has 0 saturated heterocycles. The summed E-state index contributed by atoms with van der Waals surface area (Å²) in [6, 6.07) is 12.6. The van der Waals surface area contributed by atoms with Crippen molar-refractivity contribution in [1.82, 2.24) is 4.98 Å². The lowest BCUT2D eigenvalue weighted by Crippen LogP contribution is -1.96. The third-order valence-corrected chi connectivity index (χ3v) is 4.38. The maximum atomic E-state index is 13.8. The number of benzene rings is 2. The highest BCUT2D eigenvalue weighted by Gasteiger charge is 2.10. The van der Waals surface area contributed by atoms with Gasteiger partial charge in [0.1, 0.15) is 11.6 Å². The predicted molar refractivity (Wildman–Crippen MR) is 96.7 cm³/mol. The number of aromatic nitrogens is 1. The Balaban J connectivity index is 1.75. The smallest absolute Gasteiger partial charge is 0.203 e. The Morgan fingerprint density at radius 3 is 2.79 bits per heavy atom. The van der Waals surface area contributed by atoms with Crippen molar-refractivity contribution in [3.63, 3.8) is 0 Å². The van der Waals surface area contributed by atoms with Gasteiger partial charge >= 0.3 is 0 Å². The van der Waals surface area contributed by atoms with Gasteiger partial charge in [0.25, 0.3) is 0 Å². The Morgan fingerprint density at radius 2 is 2.04 bits per heavy atom. The zero-order chi connectivity index (χ0) is 16.9. The first-order chi connectivity index (χ1) is 11.7. The highest BCUT2D eigenvalue weighted by Crippen LogP contribution is 2.29. The minimum absolute atomic E-state index is 0.156. The Kier molecular flexibility index (Phi) is 5.08. The van der Waals surface area contributed by atoms with E-state index in [-0.39, 0.29) is 10.6 Å². The van der Waals surface area contributed by atoms with Gasteiger partial charge < -0.3 is 4.74 Å². The summed E-state index contributed by atoms with van der Waals surface area (Å²) in [6.07, 6.45) is 1.31. The lowest BCUT2D eigenvalue weighted by molar-refractivity contribution is 0.414. The first kappa shape index (κ1) is 16.4. The maximum Gasteiger partial charge on any atom is 0.203 e. The number of methoxy groups -OCH3 is 1. The lowest BCUT2D eigenvalue weighted by Gasteiger charge is -2.06. The van der Waals surface area contributed by atoms with Crippen LogP contribution in [0.3, 0.4) is 0 Å². The Hall–Kier alpha value is -2.44. The SMILES string of the molecule is COc1ccc(F)c(C=NNc2nc(-c3ccccc3)cs2)c1Cl. The number of hydrogen-bond acceptors (Lipinski definition) is 5. The van der Waals surface area contributed by atoms with Gasteiger partial charge in [0.15, 0.2) is 0 Å². The average molecular weight is 362 g/mol. The summed E-state index contributed by atoms with van der Waals surface area (Å²) in [4.78, 5) is 4.43. The summed E-state index contributed by atoms with van der Waals surface area (Å²) >= 11 is 7.49. The van der Waals surface area contributed by atoms with Gasteiger partial charge in [-0.3, -0.25) is 5.43 Å². The molecule has 3 aromatic rings. The number of nitrogens with one attached hydrogen (secondary N) is 1. The van der Waals surface area contributed by atoms with Gasteiger partial charge in [0.2, 0.25) is 5.13 Å². The normalized spacial score (nSPS) is 11.0. The summed E-state index contributed by atoms with van der Waals surface area (Å²) in [7, 11) is 1.47. The number of hydrogen-bond donors (Lipinski definition) is 1. The number of hydrazone groups is 1. The van der Waals surface area contributed by atoms with Gasteiger partial charge in [-0.15, -0.1) is 11.3 Å². The molecule has 0 saturated carbocycles. The summed E-state index contributed by atoms with van der Waals surface area (Å²) in [6.45, 7) is 0. The largest absolute Gasteiger partial charge is 0.495 e. The molecule has 3 rings (SSSR count). The Labute approximate surface area is 147 Å². The molecule has 0 aliphatic rings.